The molecule has 0 spiro atoms. The molecule has 1 aliphatic rings. The lowest BCUT2D eigenvalue weighted by molar-refractivity contribution is 0.0641. The topological polar surface area (TPSA) is 32.3 Å². The molecular formula is C15H20BrFN2O. The van der Waals surface area contributed by atoms with E-state index in [-0.39, 0.29) is 16.4 Å². The molecule has 0 bridgehead atoms. The summed E-state index contributed by atoms with van der Waals surface area (Å²) in [6.45, 7) is 4.64. The average molecular weight is 343 g/mol. The first kappa shape index (κ1) is 15.4. The van der Waals surface area contributed by atoms with Crippen molar-refractivity contribution < 1.29 is 9.18 Å². The average Bonchev–Trinajstić information content (AvgIpc) is 2.48. The van der Waals surface area contributed by atoms with Crippen molar-refractivity contribution in [3.63, 3.8) is 0 Å². The van der Waals surface area contributed by atoms with E-state index < -0.39 is 5.82 Å². The summed E-state index contributed by atoms with van der Waals surface area (Å²) in [6.07, 6.45) is 2.82. The van der Waals surface area contributed by atoms with Crippen LogP contribution in [0.25, 0.3) is 0 Å². The van der Waals surface area contributed by atoms with Crippen molar-refractivity contribution in [3.05, 3.63) is 34.1 Å². The smallest absolute Gasteiger partial charge is 0.255 e. The SMILES string of the molecule is CCCN(C(=O)c1cccc(F)c1Br)C1CCNCC1. The molecule has 0 aromatic heterocycles. The minimum absolute atomic E-state index is 0.0786. The van der Waals surface area contributed by atoms with E-state index in [1.165, 1.54) is 6.07 Å². The van der Waals surface area contributed by atoms with E-state index in [1.807, 2.05) is 4.90 Å². The second-order valence-electron chi connectivity index (χ2n) is 5.08. The second kappa shape index (κ2) is 7.18. The lowest BCUT2D eigenvalue weighted by Crippen LogP contribution is -2.46. The third-order valence-electron chi connectivity index (χ3n) is 3.66. The Hall–Kier alpha value is -0.940. The zero-order chi connectivity index (χ0) is 14.5. The molecule has 0 saturated carbocycles. The minimum atomic E-state index is -0.391. The van der Waals surface area contributed by atoms with E-state index >= 15 is 0 Å². The molecule has 0 unspecified atom stereocenters. The number of nitrogens with one attached hydrogen (secondary N) is 1. The number of nitrogens with zero attached hydrogens (tertiary/aromatic N) is 1. The number of carbonyl (C=O) groups excluding carboxylic acids is 1. The molecule has 1 heterocycles. The van der Waals surface area contributed by atoms with E-state index in [0.717, 1.165) is 32.4 Å². The van der Waals surface area contributed by atoms with Crippen molar-refractivity contribution in [2.45, 2.75) is 32.2 Å². The Morgan fingerprint density at radius 1 is 1.45 bits per heavy atom. The van der Waals surface area contributed by atoms with Gasteiger partial charge in [0.25, 0.3) is 5.91 Å². The molecule has 0 atom stereocenters. The molecule has 110 valence electrons. The van der Waals surface area contributed by atoms with E-state index in [0.29, 0.717) is 12.1 Å². The lowest BCUT2D eigenvalue weighted by atomic mass is 10.0. The number of halogens is 2. The molecule has 1 N–H and O–H groups in total. The number of benzene rings is 1. The summed E-state index contributed by atoms with van der Waals surface area (Å²) >= 11 is 3.19. The van der Waals surface area contributed by atoms with Gasteiger partial charge in [0.1, 0.15) is 5.82 Å². The third-order valence-corrected chi connectivity index (χ3v) is 4.46. The Balaban J connectivity index is 2.23. The molecule has 0 aliphatic carbocycles. The summed E-state index contributed by atoms with van der Waals surface area (Å²) in [5.41, 5.74) is 0.414. The maximum Gasteiger partial charge on any atom is 0.255 e. The predicted octanol–water partition coefficient (Wildman–Crippen LogP) is 3.19. The molecule has 1 amide bonds. The zero-order valence-corrected chi connectivity index (χ0v) is 13.2. The lowest BCUT2D eigenvalue weighted by Gasteiger charge is -2.34. The number of hydrogen-bond acceptors (Lipinski definition) is 2. The Morgan fingerprint density at radius 3 is 2.80 bits per heavy atom. The Bertz CT molecular complexity index is 475. The van der Waals surface area contributed by atoms with Gasteiger partial charge in [0, 0.05) is 12.6 Å². The van der Waals surface area contributed by atoms with E-state index in [1.54, 1.807) is 12.1 Å². The van der Waals surface area contributed by atoms with Gasteiger partial charge in [-0.15, -0.1) is 0 Å². The van der Waals surface area contributed by atoms with Crippen LogP contribution in [-0.2, 0) is 0 Å². The molecular weight excluding hydrogens is 323 g/mol. The van der Waals surface area contributed by atoms with Gasteiger partial charge in [-0.25, -0.2) is 4.39 Å². The fraction of sp³-hybridized carbons (Fsp3) is 0.533. The van der Waals surface area contributed by atoms with Crippen LogP contribution in [0.2, 0.25) is 0 Å². The zero-order valence-electron chi connectivity index (χ0n) is 11.7. The molecule has 5 heteroatoms. The van der Waals surface area contributed by atoms with Gasteiger partial charge >= 0.3 is 0 Å². The molecule has 1 aromatic rings. The maximum absolute atomic E-state index is 13.6. The van der Waals surface area contributed by atoms with Crippen molar-refractivity contribution in [1.82, 2.24) is 10.2 Å². The van der Waals surface area contributed by atoms with Crippen LogP contribution in [-0.4, -0.2) is 36.5 Å². The summed E-state index contributed by atoms with van der Waals surface area (Å²) in [7, 11) is 0. The predicted molar refractivity (Wildman–Crippen MR) is 81.3 cm³/mol. The molecule has 2 rings (SSSR count). The van der Waals surface area contributed by atoms with Crippen LogP contribution in [0.1, 0.15) is 36.5 Å². The van der Waals surface area contributed by atoms with Gasteiger partial charge in [-0.2, -0.15) is 0 Å². The quantitative estimate of drug-likeness (QED) is 0.911. The van der Waals surface area contributed by atoms with Gasteiger partial charge in [-0.05, 0) is 60.4 Å². The Labute approximate surface area is 127 Å². The molecule has 1 aliphatic heterocycles. The third kappa shape index (κ3) is 3.38. The largest absolute Gasteiger partial charge is 0.336 e. The second-order valence-corrected chi connectivity index (χ2v) is 5.87. The van der Waals surface area contributed by atoms with Crippen molar-refractivity contribution in [2.24, 2.45) is 0 Å². The summed E-state index contributed by atoms with van der Waals surface area (Å²) in [5, 5.41) is 3.30. The highest BCUT2D eigenvalue weighted by molar-refractivity contribution is 9.10. The van der Waals surface area contributed by atoms with Gasteiger partial charge in [0.15, 0.2) is 0 Å². The number of piperidine rings is 1. The number of rotatable bonds is 4. The summed E-state index contributed by atoms with van der Waals surface area (Å²) in [6, 6.07) is 4.87. The summed E-state index contributed by atoms with van der Waals surface area (Å²) in [4.78, 5) is 14.6. The number of carbonyl (C=O) groups is 1. The highest BCUT2D eigenvalue weighted by atomic mass is 79.9. The first-order valence-electron chi connectivity index (χ1n) is 7.10. The monoisotopic (exact) mass is 342 g/mol. The van der Waals surface area contributed by atoms with E-state index in [9.17, 15) is 9.18 Å². The van der Waals surface area contributed by atoms with Gasteiger partial charge in [-0.3, -0.25) is 4.79 Å². The molecule has 1 aromatic carbocycles. The molecule has 0 radical (unpaired) electrons. The van der Waals surface area contributed by atoms with E-state index in [4.69, 9.17) is 0 Å². The van der Waals surface area contributed by atoms with Crippen LogP contribution >= 0.6 is 15.9 Å². The van der Waals surface area contributed by atoms with Gasteiger partial charge in [0.05, 0.1) is 10.0 Å². The van der Waals surface area contributed by atoms with Crippen LogP contribution in [0.3, 0.4) is 0 Å². The van der Waals surface area contributed by atoms with Crippen molar-refractivity contribution in [1.29, 1.82) is 0 Å². The number of amides is 1. The van der Waals surface area contributed by atoms with Gasteiger partial charge < -0.3 is 10.2 Å². The standard InChI is InChI=1S/C15H20BrFN2O/c1-2-10-19(11-6-8-18-9-7-11)15(20)12-4-3-5-13(17)14(12)16/h3-5,11,18H,2,6-10H2,1H3. The van der Waals surface area contributed by atoms with Crippen molar-refractivity contribution >= 4 is 21.8 Å². The Morgan fingerprint density at radius 2 is 2.15 bits per heavy atom. The molecule has 20 heavy (non-hydrogen) atoms. The van der Waals surface area contributed by atoms with E-state index in [2.05, 4.69) is 28.2 Å². The highest BCUT2D eigenvalue weighted by Crippen LogP contribution is 2.24. The number of hydrogen-bond donors (Lipinski definition) is 1. The molecule has 1 saturated heterocycles. The summed E-state index contributed by atoms with van der Waals surface area (Å²) < 4.78 is 13.9. The highest BCUT2D eigenvalue weighted by Gasteiger charge is 2.27. The fourth-order valence-electron chi connectivity index (χ4n) is 2.63. The van der Waals surface area contributed by atoms with Crippen molar-refractivity contribution in [3.8, 4) is 0 Å². The molecule has 1 fully saturated rings. The van der Waals surface area contributed by atoms with Crippen LogP contribution in [0.15, 0.2) is 22.7 Å². The van der Waals surface area contributed by atoms with Crippen LogP contribution < -0.4 is 5.32 Å². The van der Waals surface area contributed by atoms with Crippen LogP contribution in [0, 0.1) is 5.82 Å². The first-order valence-corrected chi connectivity index (χ1v) is 7.90. The minimum Gasteiger partial charge on any atom is -0.336 e. The van der Waals surface area contributed by atoms with Crippen molar-refractivity contribution in [2.75, 3.05) is 19.6 Å². The van der Waals surface area contributed by atoms with Crippen LogP contribution in [0.5, 0.6) is 0 Å². The molecule has 3 nitrogen and oxygen atoms in total. The Kier molecular flexibility index (Phi) is 5.54. The maximum atomic E-state index is 13.6. The normalized spacial score (nSPS) is 16.1. The van der Waals surface area contributed by atoms with Crippen LogP contribution in [0.4, 0.5) is 4.39 Å². The fourth-order valence-corrected chi connectivity index (χ4v) is 3.07. The van der Waals surface area contributed by atoms with Gasteiger partial charge in [0.2, 0.25) is 0 Å². The first-order chi connectivity index (χ1) is 9.65. The van der Waals surface area contributed by atoms with Gasteiger partial charge in [-0.1, -0.05) is 13.0 Å². The summed E-state index contributed by atoms with van der Waals surface area (Å²) in [5.74, 6) is -0.470.